The molecule has 1 aliphatic carbocycles. The largest absolute Gasteiger partial charge is 0.342 e. The second-order valence-electron chi connectivity index (χ2n) is 3.22. The second-order valence-corrected chi connectivity index (χ2v) is 3.75. The first-order chi connectivity index (χ1) is 5.48. The molecule has 0 aliphatic heterocycles. The van der Waals surface area contributed by atoms with E-state index >= 15 is 0 Å². The molecule has 1 rings (SSSR count). The molecular weight excluding hydrogens is 175 g/mol. The molecule has 12 heavy (non-hydrogen) atoms. The molecule has 0 heterocycles. The van der Waals surface area contributed by atoms with Gasteiger partial charge in [0.25, 0.3) is 0 Å². The Kier molecular flexibility index (Phi) is 2.49. The van der Waals surface area contributed by atoms with Crippen molar-refractivity contribution in [3.63, 3.8) is 0 Å². The van der Waals surface area contributed by atoms with Gasteiger partial charge in [-0.1, -0.05) is 9.24 Å². The Balaban J connectivity index is 2.51. The Labute approximate surface area is 73.5 Å². The summed E-state index contributed by atoms with van der Waals surface area (Å²) in [6.07, 6.45) is 1.46. The van der Waals surface area contributed by atoms with Crippen molar-refractivity contribution < 1.29 is 9.59 Å². The number of carbonyl (C=O) groups excluding carboxylic acids is 2. The highest BCUT2D eigenvalue weighted by molar-refractivity contribution is 7.40. The van der Waals surface area contributed by atoms with E-state index in [2.05, 4.69) is 14.6 Å². The predicted octanol–water partition coefficient (Wildman–Crippen LogP) is -0.616. The van der Waals surface area contributed by atoms with Crippen LogP contribution in [-0.4, -0.2) is 23.0 Å². The maximum Gasteiger partial charge on any atom is 0.237 e. The van der Waals surface area contributed by atoms with Crippen LogP contribution in [0.1, 0.15) is 19.8 Å². The predicted molar refractivity (Wildman–Crippen MR) is 48.5 cm³/mol. The van der Waals surface area contributed by atoms with Crippen LogP contribution < -0.4 is 11.1 Å². The van der Waals surface area contributed by atoms with Gasteiger partial charge in [-0.15, -0.1) is 0 Å². The third-order valence-corrected chi connectivity index (χ3v) is 2.55. The average molecular weight is 188 g/mol. The fraction of sp³-hybridized carbons (Fsp3) is 0.714. The van der Waals surface area contributed by atoms with Crippen LogP contribution in [0, 0.1) is 0 Å². The molecule has 1 aliphatic rings. The van der Waals surface area contributed by atoms with Crippen LogP contribution in [0.15, 0.2) is 0 Å². The molecule has 0 aromatic carbocycles. The lowest BCUT2D eigenvalue weighted by Gasteiger charge is -2.15. The molecule has 0 aromatic rings. The maximum absolute atomic E-state index is 11.1. The zero-order chi connectivity index (χ0) is 9.35. The zero-order valence-corrected chi connectivity index (χ0v) is 8.12. The molecule has 0 radical (unpaired) electrons. The summed E-state index contributed by atoms with van der Waals surface area (Å²) < 4.78 is 0. The molecule has 1 unspecified atom stereocenters. The Hall–Kier alpha value is -0.470. The average Bonchev–Trinajstić information content (AvgIpc) is 2.68. The molecule has 1 saturated carbocycles. The molecule has 2 atom stereocenters. The third kappa shape index (κ3) is 1.82. The lowest BCUT2D eigenvalue weighted by Crippen LogP contribution is -2.47. The zero-order valence-electron chi connectivity index (χ0n) is 6.96. The lowest BCUT2D eigenvalue weighted by atomic mass is 10.2. The van der Waals surface area contributed by atoms with Gasteiger partial charge in [0.15, 0.2) is 5.52 Å². The minimum atomic E-state index is -0.602. The molecule has 0 aromatic heterocycles. The van der Waals surface area contributed by atoms with Crippen molar-refractivity contribution in [2.45, 2.75) is 31.3 Å². The second kappa shape index (κ2) is 3.11. The maximum atomic E-state index is 11.1. The number of nitrogens with two attached hydrogens (primary N) is 1. The molecular formula is C7H13N2O2P. The summed E-state index contributed by atoms with van der Waals surface area (Å²) >= 11 is 0. The summed E-state index contributed by atoms with van der Waals surface area (Å²) in [6, 6.07) is -0.549. The summed E-state index contributed by atoms with van der Waals surface area (Å²) in [5.41, 5.74) is 4.68. The quantitative estimate of drug-likeness (QED) is 0.580. The van der Waals surface area contributed by atoms with Gasteiger partial charge in [-0.25, -0.2) is 0 Å². The molecule has 0 saturated heterocycles. The molecule has 68 valence electrons. The normalized spacial score (nSPS) is 21.2. The minimum Gasteiger partial charge on any atom is -0.342 e. The molecule has 1 amide bonds. The van der Waals surface area contributed by atoms with E-state index in [9.17, 15) is 9.59 Å². The van der Waals surface area contributed by atoms with Gasteiger partial charge in [-0.05, 0) is 19.8 Å². The molecule has 0 spiro atoms. The number of hydrogen-bond donors (Lipinski definition) is 2. The molecule has 4 nitrogen and oxygen atoms in total. The Morgan fingerprint density at radius 1 is 1.58 bits per heavy atom. The van der Waals surface area contributed by atoms with Crippen LogP contribution in [0.3, 0.4) is 0 Å². The molecule has 3 N–H and O–H groups in total. The Morgan fingerprint density at radius 2 is 2.08 bits per heavy atom. The van der Waals surface area contributed by atoms with Gasteiger partial charge in [0, 0.05) is 0 Å². The van der Waals surface area contributed by atoms with Gasteiger partial charge in [0.2, 0.25) is 5.91 Å². The minimum absolute atomic E-state index is 0.0588. The van der Waals surface area contributed by atoms with E-state index in [0.717, 1.165) is 12.8 Å². The summed E-state index contributed by atoms with van der Waals surface area (Å²) in [5, 5.41) is 2.63. The smallest absolute Gasteiger partial charge is 0.237 e. The van der Waals surface area contributed by atoms with E-state index in [1.165, 1.54) is 0 Å². The van der Waals surface area contributed by atoms with Gasteiger partial charge in [-0.3, -0.25) is 9.59 Å². The van der Waals surface area contributed by atoms with E-state index in [4.69, 9.17) is 5.73 Å². The van der Waals surface area contributed by atoms with Crippen LogP contribution in [0.2, 0.25) is 0 Å². The van der Waals surface area contributed by atoms with Crippen LogP contribution in [0.25, 0.3) is 0 Å². The van der Waals surface area contributed by atoms with E-state index in [1.54, 1.807) is 6.92 Å². The van der Waals surface area contributed by atoms with Crippen LogP contribution in [-0.2, 0) is 9.59 Å². The first-order valence-electron chi connectivity index (χ1n) is 3.85. The summed E-state index contributed by atoms with van der Waals surface area (Å²) in [4.78, 5) is 22.1. The molecule has 0 bridgehead atoms. The third-order valence-electron chi connectivity index (χ3n) is 2.00. The van der Waals surface area contributed by atoms with Crippen molar-refractivity contribution in [3.8, 4) is 0 Å². The van der Waals surface area contributed by atoms with Gasteiger partial charge >= 0.3 is 0 Å². The number of hydrogen-bond acceptors (Lipinski definition) is 3. The highest BCUT2D eigenvalue weighted by atomic mass is 31.0. The Morgan fingerprint density at radius 3 is 2.33 bits per heavy atom. The standard InChI is InChI=1S/C7H13N2O2P/c1-4(8)5(10)9-7(2-3-7)6(11)12/h4H,2-3,8,12H2,1H3,(H,9,10)/t4-/m0/s1. The summed E-state index contributed by atoms with van der Waals surface area (Å²) in [7, 11) is 2.09. The van der Waals surface area contributed by atoms with E-state index < -0.39 is 11.6 Å². The highest BCUT2D eigenvalue weighted by Gasteiger charge is 2.48. The first-order valence-corrected chi connectivity index (χ1v) is 4.43. The monoisotopic (exact) mass is 188 g/mol. The van der Waals surface area contributed by atoms with Crippen molar-refractivity contribution in [1.82, 2.24) is 5.32 Å². The Bertz CT molecular complexity index is 223. The van der Waals surface area contributed by atoms with E-state index in [1.807, 2.05) is 0 Å². The van der Waals surface area contributed by atoms with Crippen molar-refractivity contribution >= 4 is 20.7 Å². The van der Waals surface area contributed by atoms with E-state index in [0.29, 0.717) is 0 Å². The van der Waals surface area contributed by atoms with Gasteiger partial charge in [-0.2, -0.15) is 0 Å². The molecule has 5 heteroatoms. The van der Waals surface area contributed by atoms with Crippen molar-refractivity contribution in [2.75, 3.05) is 0 Å². The van der Waals surface area contributed by atoms with Gasteiger partial charge in [0.05, 0.1) is 6.04 Å². The van der Waals surface area contributed by atoms with Crippen LogP contribution >= 0.6 is 9.24 Å². The van der Waals surface area contributed by atoms with Crippen molar-refractivity contribution in [1.29, 1.82) is 0 Å². The number of amides is 1. The fourth-order valence-corrected chi connectivity index (χ4v) is 1.27. The fourth-order valence-electron chi connectivity index (χ4n) is 0.908. The first kappa shape index (κ1) is 9.62. The van der Waals surface area contributed by atoms with Gasteiger partial charge in [0.1, 0.15) is 5.54 Å². The van der Waals surface area contributed by atoms with Crippen LogP contribution in [0.5, 0.6) is 0 Å². The van der Waals surface area contributed by atoms with Crippen molar-refractivity contribution in [2.24, 2.45) is 5.73 Å². The SMILES string of the molecule is C[C@H](N)C(=O)NC1(C(=O)P)CC1. The lowest BCUT2D eigenvalue weighted by molar-refractivity contribution is -0.126. The van der Waals surface area contributed by atoms with Crippen molar-refractivity contribution in [3.05, 3.63) is 0 Å². The topological polar surface area (TPSA) is 72.2 Å². The summed E-state index contributed by atoms with van der Waals surface area (Å²) in [5.74, 6) is -0.261. The highest BCUT2D eigenvalue weighted by Crippen LogP contribution is 2.38. The number of nitrogens with one attached hydrogen (secondary N) is 1. The number of rotatable bonds is 3. The van der Waals surface area contributed by atoms with Crippen LogP contribution in [0.4, 0.5) is 0 Å². The van der Waals surface area contributed by atoms with E-state index in [-0.39, 0.29) is 11.4 Å². The molecule has 1 fully saturated rings. The summed E-state index contributed by atoms with van der Waals surface area (Å²) in [6.45, 7) is 1.60. The number of carbonyl (C=O) groups is 2. The van der Waals surface area contributed by atoms with Gasteiger partial charge < -0.3 is 11.1 Å².